The van der Waals surface area contributed by atoms with Crippen LogP contribution in [-0.4, -0.2) is 23.7 Å². The van der Waals surface area contributed by atoms with Gasteiger partial charge in [0.25, 0.3) is 11.7 Å². The molecule has 0 atom stereocenters. The van der Waals surface area contributed by atoms with Crippen molar-refractivity contribution >= 4 is 29.2 Å². The molecule has 1 aromatic carbocycles. The molecule has 0 radical (unpaired) electrons. The second kappa shape index (κ2) is 7.03. The number of carbonyl (C=O) groups excluding carboxylic acids is 1. The highest BCUT2D eigenvalue weighted by Gasteiger charge is 2.13. The van der Waals surface area contributed by atoms with E-state index in [-0.39, 0.29) is 0 Å². The number of thioether (sulfide) groups is 1. The van der Waals surface area contributed by atoms with E-state index in [1.54, 1.807) is 37.4 Å². The Morgan fingerprint density at radius 2 is 2.00 bits per heavy atom. The van der Waals surface area contributed by atoms with Crippen LogP contribution in [0.2, 0.25) is 0 Å². The van der Waals surface area contributed by atoms with E-state index in [1.165, 1.54) is 12.3 Å². The number of nitrogens with zero attached hydrogens (tertiary/aromatic N) is 1. The average Bonchev–Trinajstić information content (AvgIpc) is 2.49. The molecule has 0 unspecified atom stereocenters. The van der Waals surface area contributed by atoms with Crippen LogP contribution in [0.5, 0.6) is 0 Å². The minimum Gasteiger partial charge on any atom is -0.373 e. The molecule has 2 rings (SSSR count). The normalized spacial score (nSPS) is 10.5. The molecule has 0 bridgehead atoms. The molecular weight excluding hydrogens is 296 g/mol. The second-order valence-corrected chi connectivity index (χ2v) is 5.04. The van der Waals surface area contributed by atoms with Crippen molar-refractivity contribution in [1.82, 2.24) is 4.98 Å². The standard InChI is InChI=1S/C14H13F2N3OS/c1-17-12-7-6-9(8-18-12)13(20)19-10-4-2-3-5-11(10)21-14(15)16/h2-8,14H,1H3,(H,17,18)(H,19,20). The lowest BCUT2D eigenvalue weighted by molar-refractivity contribution is 0.102. The molecule has 0 aliphatic heterocycles. The van der Waals surface area contributed by atoms with Crippen molar-refractivity contribution in [2.75, 3.05) is 17.7 Å². The van der Waals surface area contributed by atoms with E-state index in [0.717, 1.165) is 0 Å². The topological polar surface area (TPSA) is 54.0 Å². The molecule has 0 fully saturated rings. The van der Waals surface area contributed by atoms with Crippen LogP contribution in [0.1, 0.15) is 10.4 Å². The maximum atomic E-state index is 12.5. The summed E-state index contributed by atoms with van der Waals surface area (Å²) in [7, 11) is 1.72. The molecule has 2 aromatic rings. The summed E-state index contributed by atoms with van der Waals surface area (Å²) >= 11 is 0.395. The molecule has 110 valence electrons. The minimum absolute atomic E-state index is 0.320. The van der Waals surface area contributed by atoms with E-state index in [2.05, 4.69) is 15.6 Å². The van der Waals surface area contributed by atoms with Gasteiger partial charge < -0.3 is 10.6 Å². The van der Waals surface area contributed by atoms with Gasteiger partial charge in [-0.05, 0) is 24.3 Å². The number of rotatable bonds is 5. The Kier molecular flexibility index (Phi) is 5.10. The van der Waals surface area contributed by atoms with E-state index in [4.69, 9.17) is 0 Å². The fourth-order valence-corrected chi connectivity index (χ4v) is 2.23. The Hall–Kier alpha value is -2.15. The molecule has 21 heavy (non-hydrogen) atoms. The Balaban J connectivity index is 2.15. The number of para-hydroxylation sites is 1. The summed E-state index contributed by atoms with van der Waals surface area (Å²) in [6.45, 7) is 0. The highest BCUT2D eigenvalue weighted by atomic mass is 32.2. The number of hydrogen-bond acceptors (Lipinski definition) is 4. The van der Waals surface area contributed by atoms with Gasteiger partial charge in [0.2, 0.25) is 0 Å². The van der Waals surface area contributed by atoms with Gasteiger partial charge in [-0.1, -0.05) is 23.9 Å². The van der Waals surface area contributed by atoms with E-state index in [9.17, 15) is 13.6 Å². The fraction of sp³-hybridized carbons (Fsp3) is 0.143. The predicted octanol–water partition coefficient (Wildman–Crippen LogP) is 3.69. The van der Waals surface area contributed by atoms with Gasteiger partial charge >= 0.3 is 0 Å². The molecule has 0 saturated heterocycles. The lowest BCUT2D eigenvalue weighted by atomic mass is 10.2. The summed E-state index contributed by atoms with van der Waals surface area (Å²) in [6.07, 6.45) is 1.42. The van der Waals surface area contributed by atoms with Crippen LogP contribution < -0.4 is 10.6 Å². The number of pyridine rings is 1. The molecular formula is C14H13F2N3OS. The SMILES string of the molecule is CNc1ccc(C(=O)Nc2ccccc2SC(F)F)cn1. The first-order chi connectivity index (χ1) is 10.1. The number of anilines is 2. The number of carbonyl (C=O) groups is 1. The molecule has 2 N–H and O–H groups in total. The number of amides is 1. The average molecular weight is 309 g/mol. The van der Waals surface area contributed by atoms with Crippen molar-refractivity contribution < 1.29 is 13.6 Å². The van der Waals surface area contributed by atoms with Gasteiger partial charge in [-0.3, -0.25) is 4.79 Å². The van der Waals surface area contributed by atoms with E-state index >= 15 is 0 Å². The largest absolute Gasteiger partial charge is 0.373 e. The first-order valence-corrected chi connectivity index (χ1v) is 6.97. The van der Waals surface area contributed by atoms with Crippen molar-refractivity contribution in [1.29, 1.82) is 0 Å². The van der Waals surface area contributed by atoms with E-state index in [0.29, 0.717) is 33.7 Å². The van der Waals surface area contributed by atoms with Crippen LogP contribution in [0, 0.1) is 0 Å². The second-order valence-electron chi connectivity index (χ2n) is 4.01. The molecule has 4 nitrogen and oxygen atoms in total. The summed E-state index contributed by atoms with van der Waals surface area (Å²) in [4.78, 5) is 16.4. The molecule has 1 amide bonds. The summed E-state index contributed by atoms with van der Waals surface area (Å²) in [6, 6.07) is 9.70. The third kappa shape index (κ3) is 4.16. The number of benzene rings is 1. The fourth-order valence-electron chi connectivity index (χ4n) is 1.64. The number of nitrogens with one attached hydrogen (secondary N) is 2. The Morgan fingerprint density at radius 1 is 1.24 bits per heavy atom. The quantitative estimate of drug-likeness (QED) is 0.827. The third-order valence-corrected chi connectivity index (χ3v) is 3.42. The Labute approximate surface area is 125 Å². The summed E-state index contributed by atoms with van der Waals surface area (Å²) < 4.78 is 25.0. The lowest BCUT2D eigenvalue weighted by Crippen LogP contribution is -2.13. The maximum Gasteiger partial charge on any atom is 0.288 e. The maximum absolute atomic E-state index is 12.5. The molecule has 1 heterocycles. The van der Waals surface area contributed by atoms with Gasteiger partial charge in [0.05, 0.1) is 11.3 Å². The van der Waals surface area contributed by atoms with Gasteiger partial charge in [0.1, 0.15) is 5.82 Å². The summed E-state index contributed by atoms with van der Waals surface area (Å²) in [5, 5.41) is 5.46. The van der Waals surface area contributed by atoms with Crippen LogP contribution in [0.25, 0.3) is 0 Å². The smallest absolute Gasteiger partial charge is 0.288 e. The number of alkyl halides is 2. The van der Waals surface area contributed by atoms with Gasteiger partial charge in [-0.15, -0.1) is 0 Å². The van der Waals surface area contributed by atoms with E-state index < -0.39 is 11.7 Å². The van der Waals surface area contributed by atoms with Crippen LogP contribution in [0.15, 0.2) is 47.5 Å². The van der Waals surface area contributed by atoms with E-state index in [1.807, 2.05) is 0 Å². The van der Waals surface area contributed by atoms with Gasteiger partial charge in [0, 0.05) is 18.1 Å². The third-order valence-electron chi connectivity index (χ3n) is 2.63. The number of aromatic nitrogens is 1. The highest BCUT2D eigenvalue weighted by molar-refractivity contribution is 7.99. The molecule has 0 spiro atoms. The van der Waals surface area contributed by atoms with Crippen LogP contribution >= 0.6 is 11.8 Å². The molecule has 0 aliphatic carbocycles. The van der Waals surface area contributed by atoms with Crippen LogP contribution in [0.4, 0.5) is 20.3 Å². The molecule has 7 heteroatoms. The summed E-state index contributed by atoms with van der Waals surface area (Å²) in [5.74, 6) is -2.30. The number of hydrogen-bond donors (Lipinski definition) is 2. The Morgan fingerprint density at radius 3 is 2.62 bits per heavy atom. The van der Waals surface area contributed by atoms with Crippen molar-refractivity contribution in [3.05, 3.63) is 48.2 Å². The van der Waals surface area contributed by atoms with Crippen molar-refractivity contribution in [3.63, 3.8) is 0 Å². The predicted molar refractivity (Wildman–Crippen MR) is 80.0 cm³/mol. The zero-order chi connectivity index (χ0) is 15.2. The van der Waals surface area contributed by atoms with Crippen molar-refractivity contribution in [2.24, 2.45) is 0 Å². The first kappa shape index (κ1) is 15.2. The van der Waals surface area contributed by atoms with Crippen molar-refractivity contribution in [3.8, 4) is 0 Å². The Bertz CT molecular complexity index is 620. The summed E-state index contributed by atoms with van der Waals surface area (Å²) in [5.41, 5.74) is 0.705. The van der Waals surface area contributed by atoms with Crippen LogP contribution in [-0.2, 0) is 0 Å². The molecule has 1 aromatic heterocycles. The molecule has 0 saturated carbocycles. The minimum atomic E-state index is -2.54. The van der Waals surface area contributed by atoms with Crippen LogP contribution in [0.3, 0.4) is 0 Å². The molecule has 0 aliphatic rings. The zero-order valence-electron chi connectivity index (χ0n) is 11.1. The highest BCUT2D eigenvalue weighted by Crippen LogP contribution is 2.31. The van der Waals surface area contributed by atoms with Gasteiger partial charge in [-0.25, -0.2) is 4.98 Å². The monoisotopic (exact) mass is 309 g/mol. The number of halogens is 2. The van der Waals surface area contributed by atoms with Crippen molar-refractivity contribution in [2.45, 2.75) is 10.7 Å². The van der Waals surface area contributed by atoms with Gasteiger partial charge in [0.15, 0.2) is 0 Å². The zero-order valence-corrected chi connectivity index (χ0v) is 12.0. The lowest BCUT2D eigenvalue weighted by Gasteiger charge is -2.10. The van der Waals surface area contributed by atoms with Gasteiger partial charge in [-0.2, -0.15) is 8.78 Å². The first-order valence-electron chi connectivity index (χ1n) is 6.09.